The Hall–Kier alpha value is -2.01. The molecule has 5 heteroatoms. The lowest BCUT2D eigenvalue weighted by molar-refractivity contribution is -0.119. The Labute approximate surface area is 157 Å². The van der Waals surface area contributed by atoms with Gasteiger partial charge in [-0.15, -0.1) is 0 Å². The number of hydrogen-bond donors (Lipinski definition) is 1. The Morgan fingerprint density at radius 2 is 1.81 bits per heavy atom. The molecule has 0 aliphatic carbocycles. The first-order chi connectivity index (χ1) is 12.6. The van der Waals surface area contributed by atoms with Crippen molar-refractivity contribution in [2.75, 3.05) is 6.61 Å². The number of carbonyl (C=O) groups is 1. The summed E-state index contributed by atoms with van der Waals surface area (Å²) in [5.74, 6) is -0.100. The van der Waals surface area contributed by atoms with Gasteiger partial charge in [0.25, 0.3) is 0 Å². The Bertz CT molecular complexity index is 582. The van der Waals surface area contributed by atoms with Crippen molar-refractivity contribution in [3.63, 3.8) is 0 Å². The lowest BCUT2D eigenvalue weighted by Crippen LogP contribution is -2.42. The lowest BCUT2D eigenvalue weighted by Gasteiger charge is -2.17. The van der Waals surface area contributed by atoms with E-state index in [1.807, 2.05) is 37.3 Å². The van der Waals surface area contributed by atoms with Crippen molar-refractivity contribution in [1.82, 2.24) is 5.32 Å². The minimum Gasteiger partial charge on any atom is -0.374 e. The van der Waals surface area contributed by atoms with E-state index in [4.69, 9.17) is 4.74 Å². The van der Waals surface area contributed by atoms with E-state index >= 15 is 0 Å². The average Bonchev–Trinajstić information content (AvgIpc) is 2.63. The van der Waals surface area contributed by atoms with Crippen LogP contribution in [0, 0.1) is 0 Å². The molecule has 0 aliphatic heterocycles. The molecule has 0 saturated carbocycles. The number of ether oxygens (including phenoxy) is 1. The molecule has 0 bridgehead atoms. The van der Waals surface area contributed by atoms with Crippen molar-refractivity contribution in [2.45, 2.75) is 72.4 Å². The second kappa shape index (κ2) is 13.2. The van der Waals surface area contributed by atoms with E-state index in [1.165, 1.54) is 6.92 Å². The highest BCUT2D eigenvalue weighted by molar-refractivity contribution is 5.92. The second-order valence-electron chi connectivity index (χ2n) is 6.51. The third-order valence-corrected chi connectivity index (χ3v) is 3.98. The number of unbranched alkanes of at least 4 members (excludes halogenated alkanes) is 1. The van der Waals surface area contributed by atoms with Crippen LogP contribution in [0.2, 0.25) is 0 Å². The van der Waals surface area contributed by atoms with Crippen LogP contribution < -0.4 is 5.32 Å². The van der Waals surface area contributed by atoms with Crippen molar-refractivity contribution in [3.8, 4) is 0 Å². The van der Waals surface area contributed by atoms with Crippen LogP contribution in [0.1, 0.15) is 65.4 Å². The molecule has 0 radical (unpaired) electrons. The van der Waals surface area contributed by atoms with Gasteiger partial charge < -0.3 is 10.1 Å². The molecule has 1 atom stereocenters. The first-order valence-corrected chi connectivity index (χ1v) is 9.55. The van der Waals surface area contributed by atoms with Gasteiger partial charge in [-0.3, -0.25) is 4.79 Å². The first kappa shape index (κ1) is 22.0. The third kappa shape index (κ3) is 9.47. The van der Waals surface area contributed by atoms with Crippen LogP contribution in [-0.2, 0) is 16.1 Å². The summed E-state index contributed by atoms with van der Waals surface area (Å²) in [4.78, 5) is 11.5. The van der Waals surface area contributed by atoms with Crippen LogP contribution in [0.5, 0.6) is 0 Å². The third-order valence-electron chi connectivity index (χ3n) is 3.98. The summed E-state index contributed by atoms with van der Waals surface area (Å²) in [6.07, 6.45) is 5.28. The highest BCUT2D eigenvalue weighted by Gasteiger charge is 2.14. The van der Waals surface area contributed by atoms with Crippen molar-refractivity contribution in [1.29, 1.82) is 0 Å². The smallest absolute Gasteiger partial charge is 0.217 e. The lowest BCUT2D eigenvalue weighted by atomic mass is 10.1. The maximum atomic E-state index is 11.5. The first-order valence-electron chi connectivity index (χ1n) is 9.55. The van der Waals surface area contributed by atoms with Gasteiger partial charge in [-0.25, -0.2) is 0 Å². The summed E-state index contributed by atoms with van der Waals surface area (Å²) >= 11 is 0. The average molecular weight is 360 g/mol. The van der Waals surface area contributed by atoms with Crippen molar-refractivity contribution in [3.05, 3.63) is 35.9 Å². The van der Waals surface area contributed by atoms with E-state index in [9.17, 15) is 4.79 Å². The van der Waals surface area contributed by atoms with Gasteiger partial charge in [0.2, 0.25) is 5.91 Å². The summed E-state index contributed by atoms with van der Waals surface area (Å²) in [6.45, 7) is 8.59. The van der Waals surface area contributed by atoms with Crippen molar-refractivity contribution >= 4 is 17.3 Å². The standard InChI is InChI=1S/C21H33N3O2/c1-5-7-14-20(11-6-2)24-23-17(3)21(22-18(4)25)16-26-15-19-12-9-8-10-13-19/h8-10,12-13,21H,5-7,11,14-16H2,1-4H3,(H,22,25)/b23-17+,24-20-. The molecular weight excluding hydrogens is 326 g/mol. The molecule has 1 unspecified atom stereocenters. The number of nitrogens with zero attached hydrogens (tertiary/aromatic N) is 2. The van der Waals surface area contributed by atoms with Crippen LogP contribution in [-0.4, -0.2) is 30.0 Å². The normalized spacial score (nSPS) is 13.5. The molecule has 144 valence electrons. The topological polar surface area (TPSA) is 63.1 Å². The minimum atomic E-state index is -0.269. The molecule has 1 rings (SSSR count). The van der Waals surface area contributed by atoms with Gasteiger partial charge in [0.05, 0.1) is 25.0 Å². The Kier molecular flexibility index (Phi) is 11.2. The van der Waals surface area contributed by atoms with Crippen molar-refractivity contribution in [2.24, 2.45) is 10.2 Å². The molecule has 0 aliphatic rings. The van der Waals surface area contributed by atoms with Crippen LogP contribution >= 0.6 is 0 Å². The SMILES string of the molecule is CCCC/C(CCC)=N\N=C(/C)C(COCc1ccccc1)NC(C)=O. The number of hydrogen-bond acceptors (Lipinski definition) is 4. The van der Waals surface area contributed by atoms with Gasteiger partial charge in [0.1, 0.15) is 0 Å². The zero-order chi connectivity index (χ0) is 19.2. The van der Waals surface area contributed by atoms with Gasteiger partial charge in [-0.2, -0.15) is 10.2 Å². The fraction of sp³-hybridized carbons (Fsp3) is 0.571. The summed E-state index contributed by atoms with van der Waals surface area (Å²) < 4.78 is 5.78. The van der Waals surface area contributed by atoms with E-state index in [0.29, 0.717) is 13.2 Å². The molecule has 1 amide bonds. The molecule has 0 spiro atoms. The van der Waals surface area contributed by atoms with Gasteiger partial charge in [-0.05, 0) is 31.7 Å². The second-order valence-corrected chi connectivity index (χ2v) is 6.51. The number of benzene rings is 1. The number of nitrogens with one attached hydrogen (secondary N) is 1. The maximum Gasteiger partial charge on any atom is 0.217 e. The number of rotatable bonds is 12. The van der Waals surface area contributed by atoms with E-state index < -0.39 is 0 Å². The highest BCUT2D eigenvalue weighted by atomic mass is 16.5. The summed E-state index contributed by atoms with van der Waals surface area (Å²) in [7, 11) is 0. The molecule has 0 fully saturated rings. The van der Waals surface area contributed by atoms with E-state index in [1.54, 1.807) is 0 Å². The molecule has 0 heterocycles. The van der Waals surface area contributed by atoms with E-state index in [2.05, 4.69) is 29.4 Å². The van der Waals surface area contributed by atoms with Crippen LogP contribution in [0.25, 0.3) is 0 Å². The zero-order valence-electron chi connectivity index (χ0n) is 16.6. The van der Waals surface area contributed by atoms with Gasteiger partial charge in [0, 0.05) is 12.6 Å². The quantitative estimate of drug-likeness (QED) is 0.441. The largest absolute Gasteiger partial charge is 0.374 e. The summed E-state index contributed by atoms with van der Waals surface area (Å²) in [6, 6.07) is 9.71. The van der Waals surface area contributed by atoms with Crippen molar-refractivity contribution < 1.29 is 9.53 Å². The predicted octanol–water partition coefficient (Wildman–Crippen LogP) is 4.52. The van der Waals surface area contributed by atoms with E-state index in [-0.39, 0.29) is 11.9 Å². The Balaban J connectivity index is 2.70. The maximum absolute atomic E-state index is 11.5. The van der Waals surface area contributed by atoms with E-state index in [0.717, 1.165) is 49.1 Å². The Morgan fingerprint density at radius 3 is 2.42 bits per heavy atom. The molecular formula is C21H33N3O2. The van der Waals surface area contributed by atoms with Crippen LogP contribution in [0.15, 0.2) is 40.5 Å². The molecule has 1 aromatic rings. The molecule has 5 nitrogen and oxygen atoms in total. The summed E-state index contributed by atoms with van der Waals surface area (Å²) in [5, 5.41) is 11.7. The molecule has 0 saturated heterocycles. The fourth-order valence-electron chi connectivity index (χ4n) is 2.49. The zero-order valence-corrected chi connectivity index (χ0v) is 16.6. The number of carbonyl (C=O) groups excluding carboxylic acids is 1. The number of amides is 1. The monoisotopic (exact) mass is 359 g/mol. The Morgan fingerprint density at radius 1 is 1.08 bits per heavy atom. The molecule has 1 N–H and O–H groups in total. The molecule has 0 aromatic heterocycles. The highest BCUT2D eigenvalue weighted by Crippen LogP contribution is 2.05. The molecule has 26 heavy (non-hydrogen) atoms. The van der Waals surface area contributed by atoms with Gasteiger partial charge in [0.15, 0.2) is 0 Å². The van der Waals surface area contributed by atoms with Crippen LogP contribution in [0.3, 0.4) is 0 Å². The van der Waals surface area contributed by atoms with Gasteiger partial charge >= 0.3 is 0 Å². The summed E-state index contributed by atoms with van der Waals surface area (Å²) in [5.41, 5.74) is 2.99. The minimum absolute atomic E-state index is 0.100. The van der Waals surface area contributed by atoms with Crippen LogP contribution in [0.4, 0.5) is 0 Å². The van der Waals surface area contributed by atoms with Gasteiger partial charge in [-0.1, -0.05) is 57.0 Å². The predicted molar refractivity (Wildman–Crippen MR) is 109 cm³/mol. The molecule has 1 aromatic carbocycles. The fourth-order valence-corrected chi connectivity index (χ4v) is 2.49.